The number of halogens is 1. The highest BCUT2D eigenvalue weighted by Gasteiger charge is 2.28. The van der Waals surface area contributed by atoms with Crippen LogP contribution in [0.1, 0.15) is 5.56 Å². The van der Waals surface area contributed by atoms with Gasteiger partial charge < -0.3 is 0 Å². The minimum Gasteiger partial charge on any atom is -0.278 e. The lowest BCUT2D eigenvalue weighted by Gasteiger charge is -2.31. The number of amides is 1. The molecule has 1 amide bonds. The smallest absolute Gasteiger partial charge is 0.242 e. The van der Waals surface area contributed by atoms with Crippen molar-refractivity contribution in [2.45, 2.75) is 21.9 Å². The van der Waals surface area contributed by atoms with Gasteiger partial charge in [0.2, 0.25) is 5.91 Å². The van der Waals surface area contributed by atoms with E-state index in [1.54, 1.807) is 23.0 Å². The SMILES string of the molecule is Cc1ccccc1-n1cnnc1SCC(=O)N1c2ccccc2Sc2ccc(Cl)cc21. The highest BCUT2D eigenvalue weighted by molar-refractivity contribution is 8.00. The standard InChI is InChI=1S/C23H17ClN4OS2/c1-15-6-2-3-7-17(15)27-14-25-26-23(27)30-13-22(29)28-18-8-4-5-9-20(18)31-21-11-10-16(24)12-19(21)28/h2-12,14H,13H2,1H3. The number of anilines is 2. The average Bonchev–Trinajstić information content (AvgIpc) is 3.24. The molecule has 31 heavy (non-hydrogen) atoms. The first-order valence-electron chi connectivity index (χ1n) is 9.60. The van der Waals surface area contributed by atoms with Gasteiger partial charge in [-0.2, -0.15) is 0 Å². The summed E-state index contributed by atoms with van der Waals surface area (Å²) in [7, 11) is 0. The summed E-state index contributed by atoms with van der Waals surface area (Å²) in [6.07, 6.45) is 1.68. The number of fused-ring (bicyclic) bond motifs is 2. The molecule has 0 aliphatic carbocycles. The van der Waals surface area contributed by atoms with Crippen LogP contribution in [0.5, 0.6) is 0 Å². The molecule has 4 aromatic rings. The molecular weight excluding hydrogens is 448 g/mol. The number of rotatable bonds is 4. The monoisotopic (exact) mass is 464 g/mol. The van der Waals surface area contributed by atoms with Crippen molar-refractivity contribution in [2.75, 3.05) is 10.7 Å². The Bertz CT molecular complexity index is 1290. The second kappa shape index (κ2) is 8.42. The molecule has 8 heteroatoms. The third kappa shape index (κ3) is 3.84. The first-order valence-corrected chi connectivity index (χ1v) is 11.8. The molecule has 0 saturated carbocycles. The largest absolute Gasteiger partial charge is 0.278 e. The molecule has 1 aliphatic heterocycles. The third-order valence-corrected chi connectivity index (χ3v) is 7.25. The van der Waals surface area contributed by atoms with Crippen LogP contribution in [0.2, 0.25) is 5.02 Å². The van der Waals surface area contributed by atoms with Crippen molar-refractivity contribution in [1.82, 2.24) is 14.8 Å². The number of carbonyl (C=O) groups is 1. The Hall–Kier alpha value is -2.74. The number of hydrogen-bond acceptors (Lipinski definition) is 5. The summed E-state index contributed by atoms with van der Waals surface area (Å²) < 4.78 is 1.91. The van der Waals surface area contributed by atoms with Crippen LogP contribution in [0, 0.1) is 6.92 Å². The van der Waals surface area contributed by atoms with Gasteiger partial charge in [0.15, 0.2) is 5.16 Å². The molecule has 0 atom stereocenters. The van der Waals surface area contributed by atoms with Gasteiger partial charge in [-0.1, -0.05) is 65.5 Å². The van der Waals surface area contributed by atoms with Gasteiger partial charge in [0.25, 0.3) is 0 Å². The van der Waals surface area contributed by atoms with Gasteiger partial charge >= 0.3 is 0 Å². The van der Waals surface area contributed by atoms with E-state index in [2.05, 4.69) is 10.2 Å². The number of aromatic nitrogens is 3. The molecule has 0 unspecified atom stereocenters. The molecular formula is C23H17ClN4OS2. The Kier molecular flexibility index (Phi) is 5.48. The minimum absolute atomic E-state index is 0.0411. The first-order chi connectivity index (χ1) is 15.1. The number of para-hydroxylation sites is 2. The van der Waals surface area contributed by atoms with Crippen molar-refractivity contribution in [1.29, 1.82) is 0 Å². The number of hydrogen-bond donors (Lipinski definition) is 0. The van der Waals surface area contributed by atoms with Crippen LogP contribution in [-0.2, 0) is 4.79 Å². The summed E-state index contributed by atoms with van der Waals surface area (Å²) in [5.74, 6) is 0.177. The van der Waals surface area contributed by atoms with Gasteiger partial charge in [0.05, 0.1) is 22.8 Å². The van der Waals surface area contributed by atoms with E-state index in [0.717, 1.165) is 32.4 Å². The predicted molar refractivity (Wildman–Crippen MR) is 126 cm³/mol. The summed E-state index contributed by atoms with van der Waals surface area (Å²) in [4.78, 5) is 17.2. The maximum atomic E-state index is 13.4. The zero-order valence-electron chi connectivity index (χ0n) is 16.5. The topological polar surface area (TPSA) is 51.0 Å². The number of benzene rings is 3. The zero-order valence-corrected chi connectivity index (χ0v) is 18.9. The summed E-state index contributed by atoms with van der Waals surface area (Å²) >= 11 is 9.28. The molecule has 1 aromatic heterocycles. The molecule has 0 N–H and O–H groups in total. The molecule has 154 valence electrons. The first kappa shape index (κ1) is 20.2. The Morgan fingerprint density at radius 3 is 2.58 bits per heavy atom. The van der Waals surface area contributed by atoms with Crippen molar-refractivity contribution < 1.29 is 4.79 Å². The van der Waals surface area contributed by atoms with Crippen LogP contribution in [0.4, 0.5) is 11.4 Å². The van der Waals surface area contributed by atoms with Gasteiger partial charge in [0, 0.05) is 14.8 Å². The maximum Gasteiger partial charge on any atom is 0.242 e. The Morgan fingerprint density at radius 2 is 1.74 bits per heavy atom. The van der Waals surface area contributed by atoms with Gasteiger partial charge in [-0.3, -0.25) is 14.3 Å². The fourth-order valence-corrected chi connectivity index (χ4v) is 5.49. The molecule has 0 fully saturated rings. The molecule has 3 aromatic carbocycles. The van der Waals surface area contributed by atoms with E-state index in [1.807, 2.05) is 78.2 Å². The highest BCUT2D eigenvalue weighted by atomic mass is 35.5. The number of nitrogens with zero attached hydrogens (tertiary/aromatic N) is 4. The van der Waals surface area contributed by atoms with Crippen molar-refractivity contribution in [3.05, 3.63) is 83.6 Å². The molecule has 5 nitrogen and oxygen atoms in total. The lowest BCUT2D eigenvalue weighted by Crippen LogP contribution is -2.30. The van der Waals surface area contributed by atoms with Gasteiger partial charge in [0.1, 0.15) is 6.33 Å². The van der Waals surface area contributed by atoms with E-state index in [0.29, 0.717) is 10.2 Å². The number of thioether (sulfide) groups is 1. The number of aryl methyl sites for hydroxylation is 1. The lowest BCUT2D eigenvalue weighted by molar-refractivity contribution is -0.115. The molecule has 2 heterocycles. The molecule has 5 rings (SSSR count). The predicted octanol–water partition coefficient (Wildman–Crippen LogP) is 6.15. The zero-order chi connectivity index (χ0) is 21.4. The fourth-order valence-electron chi connectivity index (χ4n) is 3.51. The molecule has 0 bridgehead atoms. The van der Waals surface area contributed by atoms with Gasteiger partial charge in [-0.15, -0.1) is 10.2 Å². The van der Waals surface area contributed by atoms with Crippen LogP contribution >= 0.6 is 35.1 Å². The van der Waals surface area contributed by atoms with Crippen LogP contribution < -0.4 is 4.90 Å². The van der Waals surface area contributed by atoms with Crippen molar-refractivity contribution >= 4 is 52.4 Å². The molecule has 0 spiro atoms. The van der Waals surface area contributed by atoms with E-state index in [4.69, 9.17) is 11.6 Å². The summed E-state index contributed by atoms with van der Waals surface area (Å²) in [6.45, 7) is 2.04. The van der Waals surface area contributed by atoms with Crippen LogP contribution in [-0.4, -0.2) is 26.4 Å². The molecule has 1 aliphatic rings. The second-order valence-corrected chi connectivity index (χ2v) is 9.43. The van der Waals surface area contributed by atoms with Crippen molar-refractivity contribution in [3.63, 3.8) is 0 Å². The van der Waals surface area contributed by atoms with E-state index in [9.17, 15) is 4.79 Å². The van der Waals surface area contributed by atoms with E-state index in [1.165, 1.54) is 11.8 Å². The minimum atomic E-state index is -0.0411. The normalized spacial score (nSPS) is 12.4. The average molecular weight is 465 g/mol. The van der Waals surface area contributed by atoms with Crippen LogP contribution in [0.15, 0.2) is 88.0 Å². The Balaban J connectivity index is 1.45. The van der Waals surface area contributed by atoms with E-state index < -0.39 is 0 Å². The quantitative estimate of drug-likeness (QED) is 0.339. The van der Waals surface area contributed by atoms with Crippen LogP contribution in [0.25, 0.3) is 5.69 Å². The second-order valence-electron chi connectivity index (χ2n) is 6.97. The van der Waals surface area contributed by atoms with Crippen LogP contribution in [0.3, 0.4) is 0 Å². The summed E-state index contributed by atoms with van der Waals surface area (Å²) in [6, 6.07) is 21.6. The molecule has 0 saturated heterocycles. The number of carbonyl (C=O) groups excluding carboxylic acids is 1. The molecule has 0 radical (unpaired) electrons. The van der Waals surface area contributed by atoms with Gasteiger partial charge in [-0.25, -0.2) is 0 Å². The van der Waals surface area contributed by atoms with Crippen molar-refractivity contribution in [2.24, 2.45) is 0 Å². The van der Waals surface area contributed by atoms with E-state index >= 15 is 0 Å². The Labute approximate surface area is 193 Å². The lowest BCUT2D eigenvalue weighted by atomic mass is 10.2. The van der Waals surface area contributed by atoms with Crippen molar-refractivity contribution in [3.8, 4) is 5.69 Å². The fraction of sp³-hybridized carbons (Fsp3) is 0.0870. The summed E-state index contributed by atoms with van der Waals surface area (Å²) in [5.41, 5.74) is 3.79. The van der Waals surface area contributed by atoms with E-state index in [-0.39, 0.29) is 11.7 Å². The summed E-state index contributed by atoms with van der Waals surface area (Å²) in [5, 5.41) is 9.57. The highest BCUT2D eigenvalue weighted by Crippen LogP contribution is 2.49. The maximum absolute atomic E-state index is 13.4. The van der Waals surface area contributed by atoms with Gasteiger partial charge in [-0.05, 0) is 48.9 Å². The third-order valence-electron chi connectivity index (χ3n) is 4.95. The Morgan fingerprint density at radius 1 is 1.00 bits per heavy atom.